The zero-order chi connectivity index (χ0) is 11.1. The van der Waals surface area contributed by atoms with Crippen LogP contribution in [0.25, 0.3) is 0 Å². The van der Waals surface area contributed by atoms with E-state index in [4.69, 9.17) is 0 Å². The fourth-order valence-electron chi connectivity index (χ4n) is 2.03. The molecule has 0 spiro atoms. The Balaban J connectivity index is 2.24. The average Bonchev–Trinajstić information content (AvgIpc) is 2.53. The molecule has 0 bridgehead atoms. The summed E-state index contributed by atoms with van der Waals surface area (Å²) in [5.74, 6) is 0.133. The number of amides is 1. The highest BCUT2D eigenvalue weighted by molar-refractivity contribution is 5.75. The Bertz CT molecular complexity index is 188. The number of hydrogen-bond acceptors (Lipinski definition) is 3. The van der Waals surface area contributed by atoms with Crippen LogP contribution < -0.4 is 10.6 Å². The first-order chi connectivity index (χ1) is 7.24. The summed E-state index contributed by atoms with van der Waals surface area (Å²) in [4.78, 5) is 13.4. The van der Waals surface area contributed by atoms with Gasteiger partial charge in [0.25, 0.3) is 0 Å². The Morgan fingerprint density at radius 1 is 1.47 bits per heavy atom. The van der Waals surface area contributed by atoms with Gasteiger partial charge in [0.1, 0.15) is 0 Å². The van der Waals surface area contributed by atoms with E-state index in [9.17, 15) is 4.79 Å². The number of hydrogen-bond donors (Lipinski definition) is 2. The van der Waals surface area contributed by atoms with Gasteiger partial charge in [0, 0.05) is 26.1 Å². The molecule has 0 radical (unpaired) electrons. The fourth-order valence-corrected chi connectivity index (χ4v) is 2.03. The molecule has 1 amide bonds. The van der Waals surface area contributed by atoms with Crippen molar-refractivity contribution in [3.8, 4) is 0 Å². The first-order valence-corrected chi connectivity index (χ1v) is 5.85. The smallest absolute Gasteiger partial charge is 0.221 e. The van der Waals surface area contributed by atoms with Gasteiger partial charge in [-0.25, -0.2) is 0 Å². The summed E-state index contributed by atoms with van der Waals surface area (Å²) < 4.78 is 0. The van der Waals surface area contributed by atoms with Gasteiger partial charge in [-0.1, -0.05) is 0 Å². The molecule has 1 rings (SSSR count). The number of rotatable bonds is 4. The minimum Gasteiger partial charge on any atom is -0.359 e. The van der Waals surface area contributed by atoms with Gasteiger partial charge >= 0.3 is 0 Å². The minimum absolute atomic E-state index is 0.133. The van der Waals surface area contributed by atoms with Crippen molar-refractivity contribution >= 4 is 5.91 Å². The fraction of sp³-hybridized carbons (Fsp3) is 0.909. The van der Waals surface area contributed by atoms with Gasteiger partial charge in [0.2, 0.25) is 5.91 Å². The highest BCUT2D eigenvalue weighted by atomic mass is 16.1. The van der Waals surface area contributed by atoms with E-state index < -0.39 is 0 Å². The van der Waals surface area contributed by atoms with Crippen molar-refractivity contribution in [1.29, 1.82) is 0 Å². The van der Waals surface area contributed by atoms with Gasteiger partial charge in [0.15, 0.2) is 0 Å². The Hall–Kier alpha value is -0.610. The number of carbonyl (C=O) groups is 1. The van der Waals surface area contributed by atoms with Crippen molar-refractivity contribution in [2.75, 3.05) is 33.7 Å². The van der Waals surface area contributed by atoms with Crippen LogP contribution in [0, 0.1) is 0 Å². The Kier molecular flexibility index (Phi) is 5.65. The van der Waals surface area contributed by atoms with Crippen molar-refractivity contribution in [2.24, 2.45) is 0 Å². The van der Waals surface area contributed by atoms with Crippen LogP contribution in [0.3, 0.4) is 0 Å². The van der Waals surface area contributed by atoms with Crippen LogP contribution in [0.2, 0.25) is 0 Å². The van der Waals surface area contributed by atoms with Crippen molar-refractivity contribution in [3.05, 3.63) is 0 Å². The molecule has 1 heterocycles. The van der Waals surface area contributed by atoms with Crippen LogP contribution in [-0.2, 0) is 4.79 Å². The predicted octanol–water partition coefficient (Wildman–Crippen LogP) is 0.196. The molecule has 1 fully saturated rings. The monoisotopic (exact) mass is 213 g/mol. The Morgan fingerprint density at radius 3 is 3.00 bits per heavy atom. The summed E-state index contributed by atoms with van der Waals surface area (Å²) in [5.41, 5.74) is 0. The first kappa shape index (κ1) is 12.5. The zero-order valence-electron chi connectivity index (χ0n) is 9.88. The predicted molar refractivity (Wildman–Crippen MR) is 61.8 cm³/mol. The average molecular weight is 213 g/mol. The number of carbonyl (C=O) groups excluding carboxylic acids is 1. The van der Waals surface area contributed by atoms with Gasteiger partial charge in [-0.3, -0.25) is 4.79 Å². The second-order valence-corrected chi connectivity index (χ2v) is 4.24. The first-order valence-electron chi connectivity index (χ1n) is 5.85. The minimum atomic E-state index is 0.133. The Morgan fingerprint density at radius 2 is 2.27 bits per heavy atom. The van der Waals surface area contributed by atoms with Crippen LogP contribution in [0.5, 0.6) is 0 Å². The molecule has 88 valence electrons. The number of nitrogens with one attached hydrogen (secondary N) is 2. The molecule has 1 atom stereocenters. The highest BCUT2D eigenvalue weighted by Crippen LogP contribution is 2.11. The van der Waals surface area contributed by atoms with Crippen LogP contribution in [0.15, 0.2) is 0 Å². The van der Waals surface area contributed by atoms with E-state index in [-0.39, 0.29) is 5.91 Å². The van der Waals surface area contributed by atoms with Gasteiger partial charge in [-0.2, -0.15) is 0 Å². The molecule has 1 aliphatic heterocycles. The maximum Gasteiger partial charge on any atom is 0.221 e. The zero-order valence-corrected chi connectivity index (χ0v) is 9.88. The normalized spacial score (nSPS) is 22.5. The van der Waals surface area contributed by atoms with Crippen LogP contribution in [0.4, 0.5) is 0 Å². The quantitative estimate of drug-likeness (QED) is 0.701. The lowest BCUT2D eigenvalue weighted by Crippen LogP contribution is -2.35. The molecule has 0 aliphatic carbocycles. The molecular weight excluding hydrogens is 190 g/mol. The molecule has 1 unspecified atom stereocenters. The highest BCUT2D eigenvalue weighted by Gasteiger charge is 2.16. The van der Waals surface area contributed by atoms with Crippen molar-refractivity contribution in [3.63, 3.8) is 0 Å². The molecule has 1 saturated heterocycles. The van der Waals surface area contributed by atoms with E-state index in [1.54, 1.807) is 7.05 Å². The van der Waals surface area contributed by atoms with E-state index in [0.29, 0.717) is 12.5 Å². The molecular formula is C11H23N3O. The van der Waals surface area contributed by atoms with E-state index in [1.165, 1.54) is 19.3 Å². The molecule has 4 nitrogen and oxygen atoms in total. The molecule has 4 heteroatoms. The summed E-state index contributed by atoms with van der Waals surface area (Å²) in [5, 5.41) is 6.06. The second kappa shape index (κ2) is 6.80. The summed E-state index contributed by atoms with van der Waals surface area (Å²) in [7, 11) is 3.82. The lowest BCUT2D eigenvalue weighted by atomic mass is 10.1. The summed E-state index contributed by atoms with van der Waals surface area (Å²) >= 11 is 0. The van der Waals surface area contributed by atoms with Crippen molar-refractivity contribution in [1.82, 2.24) is 15.5 Å². The van der Waals surface area contributed by atoms with Gasteiger partial charge < -0.3 is 15.5 Å². The van der Waals surface area contributed by atoms with E-state index in [2.05, 4.69) is 22.6 Å². The van der Waals surface area contributed by atoms with Crippen LogP contribution >= 0.6 is 0 Å². The standard InChI is InChI=1S/C11H23N3O/c1-12-11(15)6-9-14(2)10-4-3-7-13-8-5-10/h10,13H,3-9H2,1-2H3,(H,12,15). The maximum absolute atomic E-state index is 11.1. The molecule has 15 heavy (non-hydrogen) atoms. The molecule has 1 aliphatic rings. The van der Waals surface area contributed by atoms with Gasteiger partial charge in [0.05, 0.1) is 0 Å². The molecule has 0 aromatic rings. The lowest BCUT2D eigenvalue weighted by Gasteiger charge is -2.26. The molecule has 0 aromatic heterocycles. The molecule has 0 aromatic carbocycles. The van der Waals surface area contributed by atoms with E-state index in [1.807, 2.05) is 0 Å². The maximum atomic E-state index is 11.1. The van der Waals surface area contributed by atoms with Gasteiger partial charge in [-0.15, -0.1) is 0 Å². The summed E-state index contributed by atoms with van der Waals surface area (Å²) in [6, 6.07) is 0.643. The van der Waals surface area contributed by atoms with Gasteiger partial charge in [-0.05, 0) is 39.4 Å². The molecule has 2 N–H and O–H groups in total. The summed E-state index contributed by atoms with van der Waals surface area (Å²) in [6.07, 6.45) is 4.30. The Labute approximate surface area is 92.4 Å². The van der Waals surface area contributed by atoms with Crippen LogP contribution in [-0.4, -0.2) is 50.6 Å². The van der Waals surface area contributed by atoms with Crippen molar-refractivity contribution in [2.45, 2.75) is 31.7 Å². The SMILES string of the molecule is CNC(=O)CCN(C)C1CCCNCC1. The lowest BCUT2D eigenvalue weighted by molar-refractivity contribution is -0.121. The summed E-state index contributed by atoms with van der Waals surface area (Å²) in [6.45, 7) is 3.11. The third-order valence-corrected chi connectivity index (χ3v) is 3.14. The third-order valence-electron chi connectivity index (χ3n) is 3.14. The largest absolute Gasteiger partial charge is 0.359 e. The third kappa shape index (κ3) is 4.62. The number of nitrogens with zero attached hydrogens (tertiary/aromatic N) is 1. The second-order valence-electron chi connectivity index (χ2n) is 4.24. The topological polar surface area (TPSA) is 44.4 Å². The molecule has 0 saturated carbocycles. The van der Waals surface area contributed by atoms with Crippen LogP contribution in [0.1, 0.15) is 25.7 Å². The van der Waals surface area contributed by atoms with E-state index in [0.717, 1.165) is 19.6 Å². The van der Waals surface area contributed by atoms with Crippen molar-refractivity contribution < 1.29 is 4.79 Å². The van der Waals surface area contributed by atoms with E-state index >= 15 is 0 Å².